The number of carbonyl (C=O) groups excluding carboxylic acids is 1. The number of allylic oxidation sites excluding steroid dienone is 8. The Morgan fingerprint density at radius 3 is 1.29 bits per heavy atom. The number of aliphatic hydroxyl groups is 4. The second-order valence-electron chi connectivity index (χ2n) is 19.7. The molecule has 1 fully saturated rings. The van der Waals surface area contributed by atoms with Gasteiger partial charge in [0.15, 0.2) is 6.29 Å². The van der Waals surface area contributed by atoms with Crippen LogP contribution in [0.5, 0.6) is 0 Å². The molecule has 398 valence electrons. The van der Waals surface area contributed by atoms with Crippen molar-refractivity contribution in [3.63, 3.8) is 0 Å². The largest absolute Gasteiger partial charge is 0.457 e. The molecule has 1 aliphatic heterocycles. The molecule has 6 unspecified atom stereocenters. The summed E-state index contributed by atoms with van der Waals surface area (Å²) >= 11 is 0. The fraction of sp³-hybridized carbons (Fsp3) is 0.847. The Balaban J connectivity index is 2.15. The molecule has 0 aliphatic carbocycles. The Bertz CT molecular complexity index is 1180. The van der Waals surface area contributed by atoms with E-state index in [1.165, 1.54) is 193 Å². The maximum atomic E-state index is 12.9. The average molecular weight is 962 g/mol. The molecule has 0 aromatic carbocycles. The monoisotopic (exact) mass is 961 g/mol. The van der Waals surface area contributed by atoms with Crippen LogP contribution in [0.15, 0.2) is 48.6 Å². The molecule has 1 heterocycles. The van der Waals surface area contributed by atoms with Crippen molar-refractivity contribution >= 4 is 5.97 Å². The van der Waals surface area contributed by atoms with Crippen molar-refractivity contribution in [1.82, 2.24) is 0 Å². The summed E-state index contributed by atoms with van der Waals surface area (Å²) in [5.74, 6) is -0.313. The topological polar surface area (TPSA) is 135 Å². The van der Waals surface area contributed by atoms with Gasteiger partial charge in [0.2, 0.25) is 0 Å². The summed E-state index contributed by atoms with van der Waals surface area (Å²) in [4.78, 5) is 12.9. The highest BCUT2D eigenvalue weighted by Gasteiger charge is 2.44. The van der Waals surface area contributed by atoms with Crippen LogP contribution in [-0.4, -0.2) is 89.6 Å². The van der Waals surface area contributed by atoms with Crippen molar-refractivity contribution in [3.8, 4) is 0 Å². The number of esters is 1. The second-order valence-corrected chi connectivity index (χ2v) is 19.7. The number of carbonyl (C=O) groups is 1. The molecule has 68 heavy (non-hydrogen) atoms. The smallest absolute Gasteiger partial charge is 0.306 e. The fourth-order valence-corrected chi connectivity index (χ4v) is 8.73. The summed E-state index contributed by atoms with van der Waals surface area (Å²) in [6.45, 7) is 4.55. The molecule has 9 nitrogen and oxygen atoms in total. The molecule has 1 saturated heterocycles. The van der Waals surface area contributed by atoms with Gasteiger partial charge in [0, 0.05) is 13.0 Å². The number of rotatable bonds is 50. The zero-order valence-corrected chi connectivity index (χ0v) is 44.1. The SMILES string of the molecule is CCCCC/C=C\C/C=C\CCCCCCCCCCCCOCC(COC1OC(CO)C(O)C(O)C1O)OC(=O)CCCCCCCCCCCCCCC/C=C\C/C=C\CCCCCCC. The van der Waals surface area contributed by atoms with Gasteiger partial charge in [-0.2, -0.15) is 0 Å². The van der Waals surface area contributed by atoms with E-state index in [-0.39, 0.29) is 19.2 Å². The van der Waals surface area contributed by atoms with E-state index < -0.39 is 43.4 Å². The zero-order valence-electron chi connectivity index (χ0n) is 44.1. The number of unbranched alkanes of at least 4 members (excludes halogenated alkanes) is 31. The van der Waals surface area contributed by atoms with E-state index >= 15 is 0 Å². The minimum absolute atomic E-state index is 0.114. The normalized spacial score (nSPS) is 19.4. The third-order valence-corrected chi connectivity index (χ3v) is 13.2. The van der Waals surface area contributed by atoms with Crippen molar-refractivity contribution in [2.75, 3.05) is 26.4 Å². The maximum absolute atomic E-state index is 12.9. The molecule has 4 N–H and O–H groups in total. The van der Waals surface area contributed by atoms with E-state index in [2.05, 4.69) is 62.5 Å². The summed E-state index contributed by atoms with van der Waals surface area (Å²) in [6.07, 6.45) is 57.2. The van der Waals surface area contributed by atoms with Gasteiger partial charge < -0.3 is 39.4 Å². The lowest BCUT2D eigenvalue weighted by atomic mass is 9.99. The van der Waals surface area contributed by atoms with Gasteiger partial charge >= 0.3 is 5.97 Å². The van der Waals surface area contributed by atoms with Crippen LogP contribution in [0.2, 0.25) is 0 Å². The lowest BCUT2D eigenvalue weighted by Crippen LogP contribution is -2.59. The van der Waals surface area contributed by atoms with Crippen LogP contribution in [-0.2, 0) is 23.7 Å². The molecule has 0 radical (unpaired) electrons. The summed E-state index contributed by atoms with van der Waals surface area (Å²) in [7, 11) is 0. The molecule has 9 heteroatoms. The van der Waals surface area contributed by atoms with Gasteiger partial charge in [-0.15, -0.1) is 0 Å². The van der Waals surface area contributed by atoms with Gasteiger partial charge in [-0.25, -0.2) is 0 Å². The van der Waals surface area contributed by atoms with Gasteiger partial charge in [0.25, 0.3) is 0 Å². The Kier molecular flexibility index (Phi) is 47.3. The van der Waals surface area contributed by atoms with Crippen LogP contribution in [0.25, 0.3) is 0 Å². The van der Waals surface area contributed by atoms with Crippen molar-refractivity contribution in [1.29, 1.82) is 0 Å². The molecular formula is C59H108O9. The van der Waals surface area contributed by atoms with Crippen molar-refractivity contribution in [3.05, 3.63) is 48.6 Å². The maximum Gasteiger partial charge on any atom is 0.306 e. The minimum atomic E-state index is -1.54. The fourth-order valence-electron chi connectivity index (χ4n) is 8.73. The van der Waals surface area contributed by atoms with Gasteiger partial charge in [0.1, 0.15) is 30.5 Å². The Morgan fingerprint density at radius 1 is 0.471 bits per heavy atom. The van der Waals surface area contributed by atoms with E-state index in [4.69, 9.17) is 18.9 Å². The third kappa shape index (κ3) is 39.8. The Morgan fingerprint density at radius 2 is 0.853 bits per heavy atom. The van der Waals surface area contributed by atoms with Crippen LogP contribution in [0, 0.1) is 0 Å². The van der Waals surface area contributed by atoms with Crippen molar-refractivity contribution in [2.24, 2.45) is 0 Å². The first-order chi connectivity index (χ1) is 33.4. The molecule has 0 amide bonds. The Labute approximate surface area is 418 Å². The number of ether oxygens (including phenoxy) is 4. The van der Waals surface area contributed by atoms with Crippen molar-refractivity contribution < 1.29 is 44.2 Å². The highest BCUT2D eigenvalue weighted by atomic mass is 16.7. The van der Waals surface area contributed by atoms with Gasteiger partial charge in [0.05, 0.1) is 19.8 Å². The molecule has 1 rings (SSSR count). The highest BCUT2D eigenvalue weighted by Crippen LogP contribution is 2.23. The van der Waals surface area contributed by atoms with Gasteiger partial charge in [-0.05, 0) is 77.0 Å². The summed E-state index contributed by atoms with van der Waals surface area (Å²) in [5.41, 5.74) is 0. The zero-order chi connectivity index (χ0) is 49.2. The predicted octanol–water partition coefficient (Wildman–Crippen LogP) is 14.8. The molecule has 1 aliphatic rings. The molecule has 0 aromatic rings. The van der Waals surface area contributed by atoms with Crippen LogP contribution >= 0.6 is 0 Å². The Hall–Kier alpha value is -1.85. The van der Waals surface area contributed by atoms with Crippen LogP contribution in [0.1, 0.15) is 258 Å². The molecule has 0 bridgehead atoms. The lowest BCUT2D eigenvalue weighted by molar-refractivity contribution is -0.305. The predicted molar refractivity (Wildman–Crippen MR) is 284 cm³/mol. The lowest BCUT2D eigenvalue weighted by Gasteiger charge is -2.39. The van der Waals surface area contributed by atoms with E-state index in [1.807, 2.05) is 0 Å². The van der Waals surface area contributed by atoms with Crippen LogP contribution < -0.4 is 0 Å². The number of aliphatic hydroxyl groups excluding tert-OH is 4. The van der Waals surface area contributed by atoms with Crippen LogP contribution in [0.3, 0.4) is 0 Å². The van der Waals surface area contributed by atoms with E-state index in [9.17, 15) is 25.2 Å². The first-order valence-electron chi connectivity index (χ1n) is 28.7. The quantitative estimate of drug-likeness (QED) is 0.0267. The van der Waals surface area contributed by atoms with Crippen LogP contribution in [0.4, 0.5) is 0 Å². The first kappa shape index (κ1) is 64.2. The second kappa shape index (κ2) is 50.1. The molecule has 0 saturated carbocycles. The highest BCUT2D eigenvalue weighted by molar-refractivity contribution is 5.69. The number of hydrogen-bond donors (Lipinski definition) is 4. The molecular weight excluding hydrogens is 853 g/mol. The van der Waals surface area contributed by atoms with E-state index in [1.54, 1.807) is 0 Å². The summed E-state index contributed by atoms with van der Waals surface area (Å²) < 4.78 is 23.0. The summed E-state index contributed by atoms with van der Waals surface area (Å²) in [6, 6.07) is 0. The average Bonchev–Trinajstić information content (AvgIpc) is 3.34. The minimum Gasteiger partial charge on any atom is -0.457 e. The third-order valence-electron chi connectivity index (χ3n) is 13.2. The molecule has 0 spiro atoms. The molecule has 0 aromatic heterocycles. The van der Waals surface area contributed by atoms with Gasteiger partial charge in [-0.1, -0.05) is 223 Å². The molecule has 6 atom stereocenters. The van der Waals surface area contributed by atoms with E-state index in [0.717, 1.165) is 44.9 Å². The summed E-state index contributed by atoms with van der Waals surface area (Å²) in [5, 5.41) is 40.3. The van der Waals surface area contributed by atoms with Crippen molar-refractivity contribution in [2.45, 2.75) is 295 Å². The standard InChI is InChI=1S/C59H108O9/c1-3-5-7-9-11-13-15-17-19-21-23-25-26-27-28-29-30-32-34-36-38-40-42-44-46-48-55(61)67-53(52-66-59-58(64)57(63)56(62)54(50-60)68-59)51-65-49-47-45-43-41-39-37-35-33-31-24-22-20-18-16-14-12-10-8-6-4-2/h12,14-15,17-18,20-21,23,53-54,56-60,62-64H,3-11,13,16,19,22,24-52H2,1-2H3/b14-12-,17-15-,20-18-,23-21-. The number of hydrogen-bond acceptors (Lipinski definition) is 9. The van der Waals surface area contributed by atoms with Gasteiger partial charge in [-0.3, -0.25) is 4.79 Å². The van der Waals surface area contributed by atoms with E-state index in [0.29, 0.717) is 13.0 Å². The first-order valence-corrected chi connectivity index (χ1v) is 28.7.